The number of carbonyl (C=O) groups is 1. The molecule has 0 saturated carbocycles. The van der Waals surface area contributed by atoms with Crippen molar-refractivity contribution in [3.05, 3.63) is 18.3 Å². The number of nitrogens with one attached hydrogen (secondary N) is 1. The topological polar surface area (TPSA) is 95.7 Å². The van der Waals surface area contributed by atoms with Crippen LogP contribution in [0.1, 0.15) is 12.8 Å². The second kappa shape index (κ2) is 10.1. The number of carbonyl (C=O) groups excluding carboxylic acids is 1. The smallest absolute Gasteiger partial charge is 0.241 e. The Hall–Kier alpha value is -1.70. The molecule has 0 spiro atoms. The summed E-state index contributed by atoms with van der Waals surface area (Å²) in [5, 5.41) is 2.72. The van der Waals surface area contributed by atoms with Crippen molar-refractivity contribution in [3.63, 3.8) is 0 Å². The van der Waals surface area contributed by atoms with Crippen LogP contribution in [0.25, 0.3) is 0 Å². The van der Waals surface area contributed by atoms with Gasteiger partial charge in [0.05, 0.1) is 24.5 Å². The van der Waals surface area contributed by atoms with Crippen LogP contribution >= 0.6 is 0 Å². The van der Waals surface area contributed by atoms with Gasteiger partial charge in [-0.25, -0.2) is 4.98 Å². The molecule has 0 aliphatic carbocycles. The first-order valence-corrected chi connectivity index (χ1v) is 6.80. The fraction of sp³-hybridized carbons (Fsp3) is 0.571. The maximum Gasteiger partial charge on any atom is 0.241 e. The predicted octanol–water partition coefficient (Wildman–Crippen LogP) is 0.799. The van der Waals surface area contributed by atoms with Crippen molar-refractivity contribution in [2.75, 3.05) is 39.4 Å². The second-order valence-corrected chi connectivity index (χ2v) is 4.46. The highest BCUT2D eigenvalue weighted by Gasteiger charge is 2.13. The first-order chi connectivity index (χ1) is 10.2. The summed E-state index contributed by atoms with van der Waals surface area (Å²) in [4.78, 5) is 15.9. The fourth-order valence-electron chi connectivity index (χ4n) is 1.58. The number of methoxy groups -OCH3 is 2. The molecule has 1 aromatic rings. The highest BCUT2D eigenvalue weighted by Crippen LogP contribution is 2.12. The van der Waals surface area contributed by atoms with Gasteiger partial charge < -0.3 is 25.3 Å². The zero-order valence-corrected chi connectivity index (χ0v) is 12.5. The summed E-state index contributed by atoms with van der Waals surface area (Å²) in [5.74, 6) is 0.246. The van der Waals surface area contributed by atoms with Crippen LogP contribution in [0.3, 0.4) is 0 Å². The molecule has 0 aliphatic heterocycles. The van der Waals surface area contributed by atoms with Gasteiger partial charge in [-0.3, -0.25) is 4.79 Å². The Labute approximate surface area is 124 Å². The van der Waals surface area contributed by atoms with E-state index < -0.39 is 6.04 Å². The van der Waals surface area contributed by atoms with Gasteiger partial charge in [-0.05, 0) is 18.9 Å². The number of amides is 1. The molecule has 0 bridgehead atoms. The first kappa shape index (κ1) is 17.4. The molecule has 1 atom stereocenters. The summed E-state index contributed by atoms with van der Waals surface area (Å²) in [6.07, 6.45) is 2.85. The molecule has 1 heterocycles. The van der Waals surface area contributed by atoms with Crippen molar-refractivity contribution in [2.45, 2.75) is 18.9 Å². The lowest BCUT2D eigenvalue weighted by Gasteiger charge is -2.12. The Bertz CT molecular complexity index is 411. The minimum absolute atomic E-state index is 0.235. The lowest BCUT2D eigenvalue weighted by Crippen LogP contribution is -2.35. The maximum atomic E-state index is 11.8. The van der Waals surface area contributed by atoms with Crippen LogP contribution in [0.5, 0.6) is 5.88 Å². The summed E-state index contributed by atoms with van der Waals surface area (Å²) in [6.45, 7) is 1.52. The number of hydrogen-bond donors (Lipinski definition) is 2. The summed E-state index contributed by atoms with van der Waals surface area (Å²) in [7, 11) is 3.22. The molecule has 7 heteroatoms. The molecule has 0 radical (unpaired) electrons. The van der Waals surface area contributed by atoms with E-state index in [9.17, 15) is 4.79 Å². The van der Waals surface area contributed by atoms with Crippen molar-refractivity contribution in [1.82, 2.24) is 4.98 Å². The molecular weight excluding hydrogens is 274 g/mol. The van der Waals surface area contributed by atoms with E-state index in [1.807, 2.05) is 0 Å². The maximum absolute atomic E-state index is 11.8. The SMILES string of the molecule is COCCCC(N)C(=O)Nc1ccc(OCCOC)nc1. The van der Waals surface area contributed by atoms with Crippen LogP contribution in [0.2, 0.25) is 0 Å². The first-order valence-electron chi connectivity index (χ1n) is 6.80. The number of anilines is 1. The Morgan fingerprint density at radius 3 is 2.67 bits per heavy atom. The number of aromatic nitrogens is 1. The molecule has 3 N–H and O–H groups in total. The molecule has 0 fully saturated rings. The predicted molar refractivity (Wildman–Crippen MR) is 79.3 cm³/mol. The molecular formula is C14H23N3O4. The average molecular weight is 297 g/mol. The zero-order valence-electron chi connectivity index (χ0n) is 12.5. The highest BCUT2D eigenvalue weighted by molar-refractivity contribution is 5.94. The monoisotopic (exact) mass is 297 g/mol. The quantitative estimate of drug-likeness (QED) is 0.620. The largest absolute Gasteiger partial charge is 0.475 e. The average Bonchev–Trinajstić information content (AvgIpc) is 2.49. The van der Waals surface area contributed by atoms with E-state index in [1.165, 1.54) is 6.20 Å². The zero-order chi connectivity index (χ0) is 15.5. The van der Waals surface area contributed by atoms with Crippen LogP contribution in [0.15, 0.2) is 18.3 Å². The van der Waals surface area contributed by atoms with Gasteiger partial charge in [0.15, 0.2) is 0 Å². The Morgan fingerprint density at radius 2 is 2.05 bits per heavy atom. The molecule has 1 rings (SSSR count). The van der Waals surface area contributed by atoms with E-state index in [0.29, 0.717) is 37.8 Å². The number of nitrogens with two attached hydrogens (primary N) is 1. The lowest BCUT2D eigenvalue weighted by atomic mass is 10.1. The molecule has 1 amide bonds. The molecule has 21 heavy (non-hydrogen) atoms. The van der Waals surface area contributed by atoms with Gasteiger partial charge in [-0.1, -0.05) is 0 Å². The van der Waals surface area contributed by atoms with Crippen LogP contribution < -0.4 is 15.8 Å². The molecule has 0 saturated heterocycles. The van der Waals surface area contributed by atoms with Gasteiger partial charge in [-0.2, -0.15) is 0 Å². The van der Waals surface area contributed by atoms with Crippen molar-refractivity contribution < 1.29 is 19.0 Å². The van der Waals surface area contributed by atoms with E-state index in [4.69, 9.17) is 19.9 Å². The van der Waals surface area contributed by atoms with Gasteiger partial charge in [0.2, 0.25) is 11.8 Å². The molecule has 1 aromatic heterocycles. The van der Waals surface area contributed by atoms with Gasteiger partial charge in [-0.15, -0.1) is 0 Å². The Kier molecular flexibility index (Phi) is 8.34. The molecule has 0 aromatic carbocycles. The van der Waals surface area contributed by atoms with Crippen LogP contribution in [0, 0.1) is 0 Å². The minimum Gasteiger partial charge on any atom is -0.475 e. The molecule has 0 aliphatic rings. The van der Waals surface area contributed by atoms with Gasteiger partial charge in [0.1, 0.15) is 6.61 Å². The third kappa shape index (κ3) is 7.03. The summed E-state index contributed by atoms with van der Waals surface area (Å²) >= 11 is 0. The lowest BCUT2D eigenvalue weighted by molar-refractivity contribution is -0.117. The fourth-order valence-corrected chi connectivity index (χ4v) is 1.58. The van der Waals surface area contributed by atoms with E-state index in [0.717, 1.165) is 6.42 Å². The van der Waals surface area contributed by atoms with Crippen molar-refractivity contribution in [3.8, 4) is 5.88 Å². The molecule has 7 nitrogen and oxygen atoms in total. The van der Waals surface area contributed by atoms with E-state index >= 15 is 0 Å². The summed E-state index contributed by atoms with van der Waals surface area (Å²) in [6, 6.07) is 2.84. The van der Waals surface area contributed by atoms with Crippen LogP contribution in [-0.2, 0) is 14.3 Å². The van der Waals surface area contributed by atoms with Crippen LogP contribution in [-0.4, -0.2) is 51.0 Å². The molecule has 1 unspecified atom stereocenters. The number of hydrogen-bond acceptors (Lipinski definition) is 6. The van der Waals surface area contributed by atoms with Gasteiger partial charge in [0, 0.05) is 26.9 Å². The third-order valence-electron chi connectivity index (χ3n) is 2.74. The number of pyridine rings is 1. The van der Waals surface area contributed by atoms with Gasteiger partial charge in [0.25, 0.3) is 0 Å². The Morgan fingerprint density at radius 1 is 1.29 bits per heavy atom. The van der Waals surface area contributed by atoms with Crippen LogP contribution in [0.4, 0.5) is 5.69 Å². The standard InChI is InChI=1S/C14H23N3O4/c1-19-7-3-4-12(15)14(18)17-11-5-6-13(16-10-11)21-9-8-20-2/h5-6,10,12H,3-4,7-9,15H2,1-2H3,(H,17,18). The second-order valence-electron chi connectivity index (χ2n) is 4.46. The Balaban J connectivity index is 2.38. The highest BCUT2D eigenvalue weighted by atomic mass is 16.5. The minimum atomic E-state index is -0.558. The van der Waals surface area contributed by atoms with E-state index in [2.05, 4.69) is 10.3 Å². The van der Waals surface area contributed by atoms with Crippen molar-refractivity contribution in [2.24, 2.45) is 5.73 Å². The molecule has 118 valence electrons. The normalized spacial score (nSPS) is 12.0. The number of ether oxygens (including phenoxy) is 3. The third-order valence-corrected chi connectivity index (χ3v) is 2.74. The van der Waals surface area contributed by atoms with Crippen molar-refractivity contribution >= 4 is 11.6 Å². The van der Waals surface area contributed by atoms with E-state index in [1.54, 1.807) is 26.4 Å². The summed E-state index contributed by atoms with van der Waals surface area (Å²) in [5.41, 5.74) is 6.37. The van der Waals surface area contributed by atoms with Gasteiger partial charge >= 0.3 is 0 Å². The van der Waals surface area contributed by atoms with Crippen molar-refractivity contribution in [1.29, 1.82) is 0 Å². The number of nitrogens with zero attached hydrogens (tertiary/aromatic N) is 1. The van der Waals surface area contributed by atoms with E-state index in [-0.39, 0.29) is 5.91 Å². The summed E-state index contributed by atoms with van der Waals surface area (Å²) < 4.78 is 15.1. The number of rotatable bonds is 10.